The molecule has 32 heavy (non-hydrogen) atoms. The number of allylic oxidation sites excluding steroid dienone is 4. The molecule has 0 spiro atoms. The van der Waals surface area contributed by atoms with Crippen molar-refractivity contribution < 1.29 is 19.2 Å². The van der Waals surface area contributed by atoms with E-state index in [9.17, 15) is 19.2 Å². The molecule has 170 valence electrons. The SMILES string of the molecule is C[C@@]12C(=O)N(CCCCCCN3C(=O)[C@H]4[C@@H]5C=C[C@@H](C5)[C@@]4(C)C3=O)C(=O)[C@@H]1[C@@H]1C=C[C@@H]2C1. The lowest BCUT2D eigenvalue weighted by Crippen LogP contribution is -2.38. The maximum atomic E-state index is 13.0. The number of hydrogen-bond acceptors (Lipinski definition) is 4. The number of likely N-dealkylation sites (tertiary alicyclic amines) is 2. The molecule has 2 saturated carbocycles. The molecular weight excluding hydrogens is 404 g/mol. The molecule has 0 N–H and O–H groups in total. The fourth-order valence-electron chi connectivity index (χ4n) is 8.09. The Hall–Kier alpha value is -2.24. The van der Waals surface area contributed by atoms with E-state index in [1.807, 2.05) is 13.8 Å². The molecule has 8 atom stereocenters. The van der Waals surface area contributed by atoms with Gasteiger partial charge in [0.1, 0.15) is 0 Å². The first kappa shape index (κ1) is 20.4. The van der Waals surface area contributed by atoms with Crippen LogP contribution in [0.15, 0.2) is 24.3 Å². The number of rotatable bonds is 7. The van der Waals surface area contributed by atoms with Crippen LogP contribution in [0.1, 0.15) is 52.4 Å². The van der Waals surface area contributed by atoms with E-state index in [-0.39, 0.29) is 59.1 Å². The smallest absolute Gasteiger partial charge is 0.236 e. The molecular formula is C26H32N2O4. The second-order valence-electron chi connectivity index (χ2n) is 11.3. The molecule has 4 fully saturated rings. The summed E-state index contributed by atoms with van der Waals surface area (Å²) in [6.07, 6.45) is 13.7. The Kier molecular flexibility index (Phi) is 4.23. The third-order valence-corrected chi connectivity index (χ3v) is 9.91. The molecule has 2 aliphatic heterocycles. The summed E-state index contributed by atoms with van der Waals surface area (Å²) >= 11 is 0. The molecule has 4 bridgehead atoms. The molecule has 0 unspecified atom stereocenters. The lowest BCUT2D eigenvalue weighted by atomic mass is 9.71. The molecule has 4 aliphatic carbocycles. The van der Waals surface area contributed by atoms with Gasteiger partial charge in [-0.2, -0.15) is 0 Å². The molecule has 0 aromatic carbocycles. The molecule has 6 heteroatoms. The van der Waals surface area contributed by atoms with Gasteiger partial charge in [0.15, 0.2) is 0 Å². The second kappa shape index (κ2) is 6.64. The van der Waals surface area contributed by atoms with Gasteiger partial charge in [-0.3, -0.25) is 29.0 Å². The van der Waals surface area contributed by atoms with Crippen LogP contribution in [0.4, 0.5) is 0 Å². The normalized spacial score (nSPS) is 45.2. The Morgan fingerprint density at radius 1 is 0.688 bits per heavy atom. The minimum absolute atomic E-state index is 0.0145. The summed E-state index contributed by atoms with van der Waals surface area (Å²) in [5.74, 6) is 0.619. The molecule has 6 rings (SSSR count). The number of fused-ring (bicyclic) bond motifs is 10. The standard InChI is InChI=1S/C26H32N2O4/c1-25-17-9-7-15(13-17)19(25)21(29)27(23(25)31)11-5-3-4-6-12-28-22(30)20-16-8-10-18(14-16)26(20,2)24(28)32/h7-10,15-20H,3-6,11-14H2,1-2H3/t15-,16-,17-,18+,19+,20-,25+,26-/m1/s1. The van der Waals surface area contributed by atoms with Crippen LogP contribution in [0.25, 0.3) is 0 Å². The van der Waals surface area contributed by atoms with Gasteiger partial charge >= 0.3 is 0 Å². The summed E-state index contributed by atoms with van der Waals surface area (Å²) in [4.78, 5) is 55.0. The van der Waals surface area contributed by atoms with Crippen LogP contribution in [0, 0.1) is 46.3 Å². The van der Waals surface area contributed by atoms with Crippen LogP contribution in [-0.2, 0) is 19.2 Å². The fourth-order valence-corrected chi connectivity index (χ4v) is 8.09. The van der Waals surface area contributed by atoms with Crippen molar-refractivity contribution in [3.8, 4) is 0 Å². The molecule has 6 nitrogen and oxygen atoms in total. The highest BCUT2D eigenvalue weighted by molar-refractivity contribution is 6.09. The van der Waals surface area contributed by atoms with Crippen LogP contribution >= 0.6 is 0 Å². The van der Waals surface area contributed by atoms with E-state index in [2.05, 4.69) is 24.3 Å². The Morgan fingerprint density at radius 3 is 1.47 bits per heavy atom. The predicted octanol–water partition coefficient (Wildman–Crippen LogP) is 2.94. The highest BCUT2D eigenvalue weighted by Gasteiger charge is 2.68. The maximum absolute atomic E-state index is 13.0. The van der Waals surface area contributed by atoms with Crippen LogP contribution < -0.4 is 0 Å². The number of unbranched alkanes of at least 4 members (excludes halogenated alkanes) is 3. The van der Waals surface area contributed by atoms with E-state index in [1.165, 1.54) is 9.80 Å². The summed E-state index contributed by atoms with van der Waals surface area (Å²) in [6, 6.07) is 0. The lowest BCUT2D eigenvalue weighted by molar-refractivity contribution is -0.143. The average molecular weight is 437 g/mol. The number of carbonyl (C=O) groups is 4. The second-order valence-corrected chi connectivity index (χ2v) is 11.3. The molecule has 0 radical (unpaired) electrons. The van der Waals surface area contributed by atoms with Crippen LogP contribution in [0.2, 0.25) is 0 Å². The van der Waals surface area contributed by atoms with Gasteiger partial charge in [-0.25, -0.2) is 0 Å². The summed E-state index contributed by atoms with van der Waals surface area (Å²) in [6.45, 7) is 4.93. The maximum Gasteiger partial charge on any atom is 0.236 e. The van der Waals surface area contributed by atoms with Gasteiger partial charge < -0.3 is 0 Å². The molecule has 6 aliphatic rings. The zero-order valence-corrected chi connectivity index (χ0v) is 19.0. The van der Waals surface area contributed by atoms with Crippen molar-refractivity contribution >= 4 is 23.6 Å². The quantitative estimate of drug-likeness (QED) is 0.349. The summed E-state index contributed by atoms with van der Waals surface area (Å²) in [7, 11) is 0. The number of hydrogen-bond donors (Lipinski definition) is 0. The average Bonchev–Trinajstić information content (AvgIpc) is 3.57. The Bertz CT molecular complexity index is 906. The first-order chi connectivity index (χ1) is 15.3. The van der Waals surface area contributed by atoms with Crippen molar-refractivity contribution in [2.24, 2.45) is 46.3 Å². The van der Waals surface area contributed by atoms with Crippen molar-refractivity contribution in [1.29, 1.82) is 0 Å². The van der Waals surface area contributed by atoms with Gasteiger partial charge in [-0.05, 0) is 63.2 Å². The lowest BCUT2D eigenvalue weighted by Gasteiger charge is -2.28. The van der Waals surface area contributed by atoms with Gasteiger partial charge in [0.2, 0.25) is 23.6 Å². The number of imide groups is 2. The first-order valence-corrected chi connectivity index (χ1v) is 12.4. The Balaban J connectivity index is 0.985. The van der Waals surface area contributed by atoms with Crippen LogP contribution in [0.3, 0.4) is 0 Å². The number of nitrogens with zero attached hydrogens (tertiary/aromatic N) is 2. The molecule has 2 saturated heterocycles. The van der Waals surface area contributed by atoms with Gasteiger partial charge in [0.05, 0.1) is 22.7 Å². The number of amides is 4. The van der Waals surface area contributed by atoms with E-state index in [0.717, 1.165) is 38.5 Å². The summed E-state index contributed by atoms with van der Waals surface area (Å²) in [5.41, 5.74) is -1.06. The third-order valence-electron chi connectivity index (χ3n) is 9.91. The van der Waals surface area contributed by atoms with E-state index < -0.39 is 10.8 Å². The topological polar surface area (TPSA) is 74.8 Å². The van der Waals surface area contributed by atoms with Gasteiger partial charge in [-0.15, -0.1) is 0 Å². The Morgan fingerprint density at radius 2 is 1.09 bits per heavy atom. The van der Waals surface area contributed by atoms with Crippen LogP contribution in [0.5, 0.6) is 0 Å². The fraction of sp³-hybridized carbons (Fsp3) is 0.692. The largest absolute Gasteiger partial charge is 0.282 e. The monoisotopic (exact) mass is 436 g/mol. The highest BCUT2D eigenvalue weighted by atomic mass is 16.2. The summed E-state index contributed by atoms with van der Waals surface area (Å²) in [5, 5.41) is 0. The molecule has 2 heterocycles. The van der Waals surface area contributed by atoms with Crippen molar-refractivity contribution in [1.82, 2.24) is 9.80 Å². The van der Waals surface area contributed by atoms with E-state index in [1.54, 1.807) is 0 Å². The number of carbonyl (C=O) groups excluding carboxylic acids is 4. The molecule has 0 aromatic rings. The minimum atomic E-state index is -0.532. The van der Waals surface area contributed by atoms with E-state index >= 15 is 0 Å². The van der Waals surface area contributed by atoms with Crippen LogP contribution in [-0.4, -0.2) is 46.5 Å². The van der Waals surface area contributed by atoms with E-state index in [0.29, 0.717) is 13.1 Å². The molecule has 0 aromatic heterocycles. The zero-order chi connectivity index (χ0) is 22.4. The zero-order valence-electron chi connectivity index (χ0n) is 19.0. The van der Waals surface area contributed by atoms with Crippen molar-refractivity contribution in [3.05, 3.63) is 24.3 Å². The first-order valence-electron chi connectivity index (χ1n) is 12.4. The van der Waals surface area contributed by atoms with Gasteiger partial charge in [0, 0.05) is 13.1 Å². The van der Waals surface area contributed by atoms with Gasteiger partial charge in [-0.1, -0.05) is 37.1 Å². The summed E-state index contributed by atoms with van der Waals surface area (Å²) < 4.78 is 0. The predicted molar refractivity (Wildman–Crippen MR) is 117 cm³/mol. The molecule has 4 amide bonds. The van der Waals surface area contributed by atoms with Crippen molar-refractivity contribution in [2.75, 3.05) is 13.1 Å². The van der Waals surface area contributed by atoms with Crippen molar-refractivity contribution in [2.45, 2.75) is 52.4 Å². The third kappa shape index (κ3) is 2.31. The van der Waals surface area contributed by atoms with Gasteiger partial charge in [0.25, 0.3) is 0 Å². The Labute approximate surface area is 189 Å². The highest BCUT2D eigenvalue weighted by Crippen LogP contribution is 2.61. The van der Waals surface area contributed by atoms with Crippen molar-refractivity contribution in [3.63, 3.8) is 0 Å². The minimum Gasteiger partial charge on any atom is -0.282 e. The van der Waals surface area contributed by atoms with E-state index in [4.69, 9.17) is 0 Å².